The molecule has 0 aliphatic carbocycles. The molecule has 0 bridgehead atoms. The summed E-state index contributed by atoms with van der Waals surface area (Å²) in [5.74, 6) is 0.239. The zero-order valence-corrected chi connectivity index (χ0v) is 22.7. The Bertz CT molecular complexity index is 1110. The van der Waals surface area contributed by atoms with Gasteiger partial charge >= 0.3 is 6.03 Å². The number of fused-ring (bicyclic) bond motifs is 1. The number of carbonyl (C=O) groups excluding carboxylic acids is 3. The van der Waals surface area contributed by atoms with Gasteiger partial charge in [0.1, 0.15) is 5.00 Å². The Morgan fingerprint density at radius 2 is 1.81 bits per heavy atom. The first-order valence-corrected chi connectivity index (χ1v) is 14.0. The number of hydrogen-bond acceptors (Lipinski definition) is 5. The van der Waals surface area contributed by atoms with Crippen molar-refractivity contribution in [2.75, 3.05) is 51.6 Å². The predicted octanol–water partition coefficient (Wildman–Crippen LogP) is 4.23. The first kappa shape index (κ1) is 26.4. The van der Waals surface area contributed by atoms with Gasteiger partial charge in [0.15, 0.2) is 0 Å². The van der Waals surface area contributed by atoms with Crippen molar-refractivity contribution in [3.05, 3.63) is 29.8 Å². The van der Waals surface area contributed by atoms with Crippen LogP contribution in [0.5, 0.6) is 0 Å². The molecule has 2 saturated heterocycles. The molecule has 1 unspecified atom stereocenters. The molecule has 1 aromatic carbocycles. The van der Waals surface area contributed by atoms with E-state index in [-0.39, 0.29) is 23.3 Å². The average molecular weight is 514 g/mol. The highest BCUT2D eigenvalue weighted by Crippen LogP contribution is 2.38. The fourth-order valence-electron chi connectivity index (χ4n) is 5.76. The van der Waals surface area contributed by atoms with Crippen molar-refractivity contribution >= 4 is 44.3 Å². The Balaban J connectivity index is 1.45. The number of urea groups is 1. The first-order valence-electron chi connectivity index (χ1n) is 13.1. The van der Waals surface area contributed by atoms with Crippen LogP contribution in [0.25, 0.3) is 10.1 Å². The van der Waals surface area contributed by atoms with Gasteiger partial charge in [0, 0.05) is 55.9 Å². The molecule has 1 aromatic heterocycles. The topological polar surface area (TPSA) is 85.0 Å². The molecule has 1 atom stereocenters. The molecule has 0 saturated carbocycles. The molecule has 4 amide bonds. The second-order valence-corrected chi connectivity index (χ2v) is 11.2. The highest BCUT2D eigenvalue weighted by molar-refractivity contribution is 7.23. The summed E-state index contributed by atoms with van der Waals surface area (Å²) >= 11 is 1.43. The quantitative estimate of drug-likeness (QED) is 0.606. The van der Waals surface area contributed by atoms with E-state index in [9.17, 15) is 14.4 Å². The molecule has 3 heterocycles. The van der Waals surface area contributed by atoms with Crippen molar-refractivity contribution in [2.24, 2.45) is 5.41 Å². The van der Waals surface area contributed by atoms with Crippen LogP contribution in [0.4, 0.5) is 9.80 Å². The largest absolute Gasteiger partial charge is 0.343 e. The molecular formula is C27H39N5O3S. The van der Waals surface area contributed by atoms with Crippen LogP contribution < -0.4 is 10.6 Å². The van der Waals surface area contributed by atoms with Gasteiger partial charge in [-0.15, -0.1) is 11.3 Å². The highest BCUT2D eigenvalue weighted by Gasteiger charge is 2.42. The molecule has 2 aromatic rings. The van der Waals surface area contributed by atoms with Crippen molar-refractivity contribution in [1.29, 1.82) is 0 Å². The number of nitrogens with zero attached hydrogens (tertiary/aromatic N) is 3. The minimum atomic E-state index is -0.340. The second kappa shape index (κ2) is 11.2. The van der Waals surface area contributed by atoms with E-state index in [1.807, 2.05) is 47.9 Å². The van der Waals surface area contributed by atoms with Crippen LogP contribution in [0.3, 0.4) is 0 Å². The van der Waals surface area contributed by atoms with E-state index >= 15 is 0 Å². The van der Waals surface area contributed by atoms with Crippen LogP contribution in [0, 0.1) is 5.41 Å². The third-order valence-electron chi connectivity index (χ3n) is 7.82. The van der Waals surface area contributed by atoms with Gasteiger partial charge in [-0.3, -0.25) is 19.8 Å². The zero-order valence-electron chi connectivity index (χ0n) is 21.9. The maximum atomic E-state index is 13.7. The monoisotopic (exact) mass is 513 g/mol. The number of benzene rings is 1. The molecule has 9 heteroatoms. The third-order valence-corrected chi connectivity index (χ3v) is 8.91. The second-order valence-electron chi connectivity index (χ2n) is 10.1. The summed E-state index contributed by atoms with van der Waals surface area (Å²) in [6.07, 6.45) is 3.74. The van der Waals surface area contributed by atoms with Gasteiger partial charge in [-0.25, -0.2) is 4.79 Å². The van der Waals surface area contributed by atoms with E-state index in [0.717, 1.165) is 61.9 Å². The molecule has 196 valence electrons. The summed E-state index contributed by atoms with van der Waals surface area (Å²) in [7, 11) is 1.57. The fourth-order valence-corrected chi connectivity index (χ4v) is 6.85. The summed E-state index contributed by atoms with van der Waals surface area (Å²) in [4.78, 5) is 45.3. The molecule has 2 aliphatic heterocycles. The van der Waals surface area contributed by atoms with Gasteiger partial charge in [-0.1, -0.05) is 18.2 Å². The van der Waals surface area contributed by atoms with Crippen molar-refractivity contribution in [3.8, 4) is 0 Å². The highest BCUT2D eigenvalue weighted by atomic mass is 32.1. The lowest BCUT2D eigenvalue weighted by atomic mass is 9.79. The molecular weight excluding hydrogens is 474 g/mol. The van der Waals surface area contributed by atoms with Gasteiger partial charge in [0.05, 0.1) is 11.0 Å². The van der Waals surface area contributed by atoms with E-state index in [2.05, 4.69) is 22.5 Å². The maximum Gasteiger partial charge on any atom is 0.319 e. The Hall–Kier alpha value is -2.65. The number of anilines is 1. The van der Waals surface area contributed by atoms with Crippen molar-refractivity contribution in [2.45, 2.75) is 52.5 Å². The summed E-state index contributed by atoms with van der Waals surface area (Å²) < 4.78 is 0.979. The van der Waals surface area contributed by atoms with E-state index in [0.29, 0.717) is 29.7 Å². The van der Waals surface area contributed by atoms with Crippen LogP contribution in [-0.4, -0.2) is 84.9 Å². The Labute approximate surface area is 218 Å². The molecule has 2 fully saturated rings. The van der Waals surface area contributed by atoms with Crippen LogP contribution in [0.1, 0.15) is 56.8 Å². The number of nitrogens with one attached hydrogen (secondary N) is 2. The van der Waals surface area contributed by atoms with Gasteiger partial charge < -0.3 is 15.1 Å². The lowest BCUT2D eigenvalue weighted by molar-refractivity contribution is -0.145. The Morgan fingerprint density at radius 3 is 2.47 bits per heavy atom. The molecule has 2 aliphatic rings. The molecule has 8 nitrogen and oxygen atoms in total. The number of piperidine rings is 2. The summed E-state index contributed by atoms with van der Waals surface area (Å²) in [6, 6.07) is 7.84. The Morgan fingerprint density at radius 1 is 1.11 bits per heavy atom. The zero-order chi connectivity index (χ0) is 25.9. The molecule has 36 heavy (non-hydrogen) atoms. The van der Waals surface area contributed by atoms with Gasteiger partial charge in [-0.05, 0) is 59.1 Å². The Kier molecular flexibility index (Phi) is 8.20. The maximum absolute atomic E-state index is 13.7. The van der Waals surface area contributed by atoms with Crippen LogP contribution in [-0.2, 0) is 4.79 Å². The molecule has 4 rings (SSSR count). The molecule has 2 N–H and O–H groups in total. The van der Waals surface area contributed by atoms with Gasteiger partial charge in [-0.2, -0.15) is 0 Å². The minimum absolute atomic E-state index is 0.0301. The van der Waals surface area contributed by atoms with Crippen LogP contribution in [0.15, 0.2) is 24.3 Å². The van der Waals surface area contributed by atoms with Crippen molar-refractivity contribution < 1.29 is 14.4 Å². The lowest BCUT2D eigenvalue weighted by Gasteiger charge is -2.46. The van der Waals surface area contributed by atoms with E-state index in [4.69, 9.17) is 0 Å². The number of amides is 4. The minimum Gasteiger partial charge on any atom is -0.343 e. The smallest absolute Gasteiger partial charge is 0.319 e. The average Bonchev–Trinajstić information content (AvgIpc) is 3.26. The van der Waals surface area contributed by atoms with Crippen molar-refractivity contribution in [1.82, 2.24) is 20.0 Å². The third kappa shape index (κ3) is 5.22. The number of carbonyl (C=O) groups is 3. The number of thiophene rings is 1. The van der Waals surface area contributed by atoms with Crippen LogP contribution >= 0.6 is 11.3 Å². The molecule has 0 spiro atoms. The van der Waals surface area contributed by atoms with E-state index < -0.39 is 0 Å². The lowest BCUT2D eigenvalue weighted by Crippen LogP contribution is -2.56. The summed E-state index contributed by atoms with van der Waals surface area (Å²) in [5, 5.41) is 6.88. The van der Waals surface area contributed by atoms with Crippen molar-refractivity contribution in [3.63, 3.8) is 0 Å². The standard InChI is InChI=1S/C27H39N5O3S/c1-5-30(6-2)25(34)27(3)14-9-15-32(18-27)19-12-16-31(17-13-19)24(33)22-20-10-7-8-11-21(20)36-23(22)29-26(35)28-4/h7-8,10-11,19H,5-6,9,12-18H2,1-4H3,(H2,28,29,35). The molecule has 0 radical (unpaired) electrons. The van der Waals surface area contributed by atoms with E-state index in [1.54, 1.807) is 7.05 Å². The predicted molar refractivity (Wildman–Crippen MR) is 146 cm³/mol. The van der Waals surface area contributed by atoms with Crippen LogP contribution in [0.2, 0.25) is 0 Å². The first-order chi connectivity index (χ1) is 17.3. The van der Waals surface area contributed by atoms with E-state index in [1.165, 1.54) is 11.3 Å². The number of rotatable bonds is 6. The normalized spacial score (nSPS) is 21.4. The summed E-state index contributed by atoms with van der Waals surface area (Å²) in [6.45, 7) is 10.9. The fraction of sp³-hybridized carbons (Fsp3) is 0.593. The van der Waals surface area contributed by atoms with Gasteiger partial charge in [0.2, 0.25) is 5.91 Å². The summed E-state index contributed by atoms with van der Waals surface area (Å²) in [5.41, 5.74) is 0.237. The SMILES string of the molecule is CCN(CC)C(=O)C1(C)CCCN(C2CCN(C(=O)c3c(NC(=O)NC)sc4ccccc34)CC2)C1. The number of hydrogen-bond donors (Lipinski definition) is 2. The van der Waals surface area contributed by atoms with Gasteiger partial charge in [0.25, 0.3) is 5.91 Å². The number of likely N-dealkylation sites (tertiary alicyclic amines) is 2.